The van der Waals surface area contributed by atoms with Crippen LogP contribution in [0.2, 0.25) is 5.02 Å². The molecule has 2 aromatic carbocycles. The van der Waals surface area contributed by atoms with Crippen LogP contribution < -0.4 is 27.1 Å². The maximum atomic E-state index is 13.1. The van der Waals surface area contributed by atoms with Gasteiger partial charge in [0.2, 0.25) is 5.62 Å². The predicted molar refractivity (Wildman–Crippen MR) is 132 cm³/mol. The number of hydrogen-bond donors (Lipinski definition) is 2. The molecule has 0 aliphatic carbocycles. The van der Waals surface area contributed by atoms with Crippen LogP contribution in [0.15, 0.2) is 80.7 Å². The molecule has 1 aromatic heterocycles. The molecule has 0 bridgehead atoms. The summed E-state index contributed by atoms with van der Waals surface area (Å²) in [7, 11) is 0. The number of rotatable bonds is 6. The molecule has 0 unspecified atom stereocenters. The van der Waals surface area contributed by atoms with Crippen LogP contribution in [0.3, 0.4) is 0 Å². The number of benzene rings is 2. The van der Waals surface area contributed by atoms with Crippen LogP contribution >= 0.6 is 11.6 Å². The van der Waals surface area contributed by atoms with E-state index in [0.29, 0.717) is 34.5 Å². The third kappa shape index (κ3) is 5.45. The molecule has 0 spiro atoms. The summed E-state index contributed by atoms with van der Waals surface area (Å²) in [5.41, 5.74) is 2.14. The average molecular weight is 491 g/mol. The molecule has 0 fully saturated rings. The lowest BCUT2D eigenvalue weighted by Gasteiger charge is -2.15. The van der Waals surface area contributed by atoms with Gasteiger partial charge >= 0.3 is 11.4 Å². The lowest BCUT2D eigenvalue weighted by Crippen LogP contribution is -2.49. The van der Waals surface area contributed by atoms with Crippen molar-refractivity contribution in [1.29, 1.82) is 5.26 Å². The highest BCUT2D eigenvalue weighted by atomic mass is 35.5. The van der Waals surface area contributed by atoms with E-state index in [1.54, 1.807) is 37.3 Å². The van der Waals surface area contributed by atoms with Crippen LogP contribution in [0, 0.1) is 18.3 Å². The summed E-state index contributed by atoms with van der Waals surface area (Å²) in [6.07, 6.45) is 3.32. The van der Waals surface area contributed by atoms with E-state index < -0.39 is 11.4 Å². The Hall–Kier alpha value is -4.29. The van der Waals surface area contributed by atoms with Gasteiger partial charge in [-0.3, -0.25) is 9.55 Å². The molecule has 178 valence electrons. The van der Waals surface area contributed by atoms with Crippen molar-refractivity contribution in [3.05, 3.63) is 109 Å². The summed E-state index contributed by atoms with van der Waals surface area (Å²) in [5, 5.41) is 12.2. The van der Waals surface area contributed by atoms with Crippen molar-refractivity contribution in [2.24, 2.45) is 4.99 Å². The van der Waals surface area contributed by atoms with E-state index in [9.17, 15) is 9.59 Å². The number of allylic oxidation sites excluding steroid dienone is 2. The predicted octanol–water partition coefficient (Wildman–Crippen LogP) is 2.87. The van der Waals surface area contributed by atoms with E-state index >= 15 is 0 Å². The third-order valence-corrected chi connectivity index (χ3v) is 5.66. The number of aromatic nitrogens is 3. The topological polar surface area (TPSA) is 117 Å². The van der Waals surface area contributed by atoms with E-state index in [-0.39, 0.29) is 18.7 Å². The van der Waals surface area contributed by atoms with Gasteiger partial charge in [-0.1, -0.05) is 41.4 Å². The van der Waals surface area contributed by atoms with Crippen LogP contribution in [0.5, 0.6) is 5.75 Å². The number of hydrogen-bond acceptors (Lipinski definition) is 6. The Labute approximate surface area is 205 Å². The van der Waals surface area contributed by atoms with Gasteiger partial charge in [-0.2, -0.15) is 5.26 Å². The standard InChI is InChI=1S/C25H23ClN6O3/c1-3-31-24(33)30-23(32(25(31)34)15-17-6-4-16(2)5-7-17)29-19-9-10-21(20(26)12-19)35-22-11-8-18(13-27)14-28-22/h4-12,28H,3,14-15H2,1-2H3,(H,29,30,33). The van der Waals surface area contributed by atoms with Gasteiger partial charge < -0.3 is 10.1 Å². The quantitative estimate of drug-likeness (QED) is 0.551. The van der Waals surface area contributed by atoms with Gasteiger partial charge in [0, 0.05) is 12.1 Å². The fourth-order valence-corrected chi connectivity index (χ4v) is 3.66. The van der Waals surface area contributed by atoms with Gasteiger partial charge in [-0.05, 0) is 49.8 Å². The Morgan fingerprint density at radius 1 is 1.14 bits per heavy atom. The molecule has 0 radical (unpaired) electrons. The molecular weight excluding hydrogens is 468 g/mol. The molecule has 0 atom stereocenters. The van der Waals surface area contributed by atoms with E-state index in [0.717, 1.165) is 15.7 Å². The van der Waals surface area contributed by atoms with Gasteiger partial charge in [0.05, 0.1) is 29.9 Å². The second-order valence-electron chi connectivity index (χ2n) is 7.87. The maximum Gasteiger partial charge on any atom is 0.335 e. The van der Waals surface area contributed by atoms with Crippen molar-refractivity contribution in [2.45, 2.75) is 26.9 Å². The molecule has 2 N–H and O–H groups in total. The largest absolute Gasteiger partial charge is 0.440 e. The number of halogens is 1. The molecule has 1 aliphatic heterocycles. The number of aromatic amines is 1. The number of nitriles is 1. The van der Waals surface area contributed by atoms with Crippen molar-refractivity contribution in [2.75, 3.05) is 6.54 Å². The van der Waals surface area contributed by atoms with Crippen molar-refractivity contribution in [3.63, 3.8) is 0 Å². The Bertz CT molecular complexity index is 1550. The van der Waals surface area contributed by atoms with Crippen LogP contribution in [-0.2, 0) is 13.1 Å². The first-order chi connectivity index (χ1) is 16.9. The average Bonchev–Trinajstić information content (AvgIpc) is 2.85. The summed E-state index contributed by atoms with van der Waals surface area (Å²) in [5.74, 6) is 0.847. The molecule has 0 amide bonds. The summed E-state index contributed by atoms with van der Waals surface area (Å²) >= 11 is 6.41. The number of ether oxygens (including phenoxy) is 1. The summed E-state index contributed by atoms with van der Waals surface area (Å²) in [4.78, 5) is 32.7. The van der Waals surface area contributed by atoms with E-state index in [4.69, 9.17) is 21.6 Å². The second kappa shape index (κ2) is 10.3. The van der Waals surface area contributed by atoms with Crippen molar-refractivity contribution in [1.82, 2.24) is 19.4 Å². The highest BCUT2D eigenvalue weighted by Gasteiger charge is 2.11. The van der Waals surface area contributed by atoms with Crippen LogP contribution in [0.1, 0.15) is 18.1 Å². The highest BCUT2D eigenvalue weighted by Crippen LogP contribution is 2.30. The normalized spacial score (nSPS) is 13.5. The minimum absolute atomic E-state index is 0.112. The molecule has 3 aromatic rings. The lowest BCUT2D eigenvalue weighted by molar-refractivity contribution is 0.384. The Morgan fingerprint density at radius 3 is 2.54 bits per heavy atom. The molecule has 10 heteroatoms. The number of nitrogens with zero attached hydrogens (tertiary/aromatic N) is 4. The first-order valence-corrected chi connectivity index (χ1v) is 11.3. The highest BCUT2D eigenvalue weighted by molar-refractivity contribution is 6.32. The van der Waals surface area contributed by atoms with E-state index in [1.165, 1.54) is 4.57 Å². The van der Waals surface area contributed by atoms with E-state index in [1.807, 2.05) is 31.2 Å². The SMILES string of the molecule is CCn1c(=O)[nH]/c(=N\c2ccc(OC3=CC=C(C#N)CN3)c(Cl)c2)n(Cc2ccc(C)cc2)c1=O. The second-order valence-corrected chi connectivity index (χ2v) is 8.28. The number of dihydropyridines is 1. The van der Waals surface area contributed by atoms with Crippen LogP contribution in [0.4, 0.5) is 5.69 Å². The van der Waals surface area contributed by atoms with Crippen LogP contribution in [-0.4, -0.2) is 20.7 Å². The number of nitrogens with one attached hydrogen (secondary N) is 2. The molecule has 1 aliphatic rings. The molecule has 0 saturated heterocycles. The Morgan fingerprint density at radius 2 is 1.91 bits per heavy atom. The summed E-state index contributed by atoms with van der Waals surface area (Å²) in [6, 6.07) is 14.7. The van der Waals surface area contributed by atoms with Gasteiger partial charge in [0.25, 0.3) is 0 Å². The zero-order chi connectivity index (χ0) is 24.9. The van der Waals surface area contributed by atoms with Crippen molar-refractivity contribution < 1.29 is 4.74 Å². The Balaban J connectivity index is 1.71. The molecule has 2 heterocycles. The maximum absolute atomic E-state index is 13.1. The van der Waals surface area contributed by atoms with Gasteiger partial charge in [0.15, 0.2) is 5.88 Å². The lowest BCUT2D eigenvalue weighted by atomic mass is 10.1. The zero-order valence-corrected chi connectivity index (χ0v) is 20.0. The molecule has 0 saturated carbocycles. The summed E-state index contributed by atoms with van der Waals surface area (Å²) < 4.78 is 8.31. The first-order valence-electron chi connectivity index (χ1n) is 10.9. The zero-order valence-electron chi connectivity index (χ0n) is 19.2. The number of H-pyrrole nitrogens is 1. The van der Waals surface area contributed by atoms with Crippen molar-refractivity contribution in [3.8, 4) is 11.8 Å². The van der Waals surface area contributed by atoms with Crippen molar-refractivity contribution >= 4 is 17.3 Å². The minimum atomic E-state index is -0.539. The molecular formula is C25H23ClN6O3. The fourth-order valence-electron chi connectivity index (χ4n) is 3.45. The van der Waals surface area contributed by atoms with Gasteiger partial charge in [-0.25, -0.2) is 19.1 Å². The molecule has 35 heavy (non-hydrogen) atoms. The summed E-state index contributed by atoms with van der Waals surface area (Å²) in [6.45, 7) is 4.55. The van der Waals surface area contributed by atoms with Gasteiger partial charge in [0.1, 0.15) is 5.75 Å². The number of aryl methyl sites for hydroxylation is 1. The van der Waals surface area contributed by atoms with E-state index in [2.05, 4.69) is 21.4 Å². The third-order valence-electron chi connectivity index (χ3n) is 5.36. The molecule has 9 nitrogen and oxygen atoms in total. The first kappa shape index (κ1) is 23.9. The monoisotopic (exact) mass is 490 g/mol. The minimum Gasteiger partial charge on any atom is -0.440 e. The smallest absolute Gasteiger partial charge is 0.335 e. The van der Waals surface area contributed by atoms with Crippen LogP contribution in [0.25, 0.3) is 0 Å². The molecule has 4 rings (SSSR count). The fraction of sp³-hybridized carbons (Fsp3) is 0.200. The Kier molecular flexibility index (Phi) is 7.03. The van der Waals surface area contributed by atoms with Gasteiger partial charge in [-0.15, -0.1) is 0 Å².